The maximum Gasteiger partial charge on any atom is 0.306 e. The summed E-state index contributed by atoms with van der Waals surface area (Å²) in [7, 11) is 0. The molecule has 0 saturated heterocycles. The molecule has 0 bridgehead atoms. The summed E-state index contributed by atoms with van der Waals surface area (Å²) in [6, 6.07) is 0. The lowest BCUT2D eigenvalue weighted by Gasteiger charge is -2.24. The molecule has 0 aliphatic carbocycles. The van der Waals surface area contributed by atoms with Gasteiger partial charge in [0.2, 0.25) is 0 Å². The van der Waals surface area contributed by atoms with Gasteiger partial charge in [0.05, 0.1) is 26.2 Å². The summed E-state index contributed by atoms with van der Waals surface area (Å²) in [4.78, 5) is 9.87. The molecule has 0 amide bonds. The van der Waals surface area contributed by atoms with Crippen LogP contribution in [-0.4, -0.2) is 49.6 Å². The summed E-state index contributed by atoms with van der Waals surface area (Å²) < 4.78 is -0.994. The zero-order valence-electron chi connectivity index (χ0n) is 9.57. The first-order valence-corrected chi connectivity index (χ1v) is 6.22. The van der Waals surface area contributed by atoms with Crippen LogP contribution in [0.4, 0.5) is 0 Å². The smallest absolute Gasteiger partial charge is 0.306 e. The third-order valence-corrected chi connectivity index (χ3v) is 2.62. The molecule has 0 atom stereocenters. The zero-order chi connectivity index (χ0) is 14.1. The highest BCUT2D eigenvalue weighted by atomic mass is 32.2. The van der Waals surface area contributed by atoms with Crippen LogP contribution < -0.4 is 0 Å². The molecule has 0 fully saturated rings. The molecule has 0 rings (SSSR count). The van der Waals surface area contributed by atoms with E-state index in [4.69, 9.17) is 20.4 Å². The predicted molar refractivity (Wildman–Crippen MR) is 75.9 cm³/mol. The molecular weight excluding hydrogens is 284 g/mol. The SMILES string of the molecule is CCC(CO)(CO)CO.O=C(O)CC(S)(S)S. The molecule has 0 radical (unpaired) electrons. The molecule has 4 N–H and O–H groups in total. The van der Waals surface area contributed by atoms with E-state index in [1.54, 1.807) is 0 Å². The molecule has 8 heteroatoms. The van der Waals surface area contributed by atoms with Crippen LogP contribution in [0.15, 0.2) is 0 Å². The number of thiol groups is 3. The third-order valence-electron chi connectivity index (χ3n) is 2.14. The Morgan fingerprint density at radius 1 is 1.06 bits per heavy atom. The standard InChI is InChI=1S/C6H14O3.C3H6O2S3/c1-2-6(3-7,4-8)5-9;4-2(5)1-3(6,7)8/h7-9H,2-5H2,1H3;6-8H,1H2,(H,4,5). The van der Waals surface area contributed by atoms with Gasteiger partial charge in [0.1, 0.15) is 3.41 Å². The van der Waals surface area contributed by atoms with Crippen LogP contribution in [0, 0.1) is 5.41 Å². The van der Waals surface area contributed by atoms with E-state index in [0.29, 0.717) is 6.42 Å². The minimum atomic E-state index is -0.994. The number of carboxylic acid groups (broad SMARTS) is 1. The first kappa shape index (κ1) is 19.7. The van der Waals surface area contributed by atoms with Gasteiger partial charge in [0.25, 0.3) is 0 Å². The first-order valence-electron chi connectivity index (χ1n) is 4.88. The highest BCUT2D eigenvalue weighted by Crippen LogP contribution is 2.27. The average molecular weight is 304 g/mol. The maximum absolute atomic E-state index is 9.87. The van der Waals surface area contributed by atoms with Crippen LogP contribution in [0.3, 0.4) is 0 Å². The molecule has 0 aromatic rings. The maximum atomic E-state index is 9.87. The predicted octanol–water partition coefficient (Wildman–Crippen LogP) is 0.264. The van der Waals surface area contributed by atoms with Crippen molar-refractivity contribution >= 4 is 43.9 Å². The minimum absolute atomic E-state index is 0.156. The van der Waals surface area contributed by atoms with Gasteiger partial charge in [0, 0.05) is 5.41 Å². The monoisotopic (exact) mass is 304 g/mol. The Morgan fingerprint density at radius 2 is 1.41 bits per heavy atom. The van der Waals surface area contributed by atoms with Gasteiger partial charge in [-0.2, -0.15) is 37.9 Å². The zero-order valence-corrected chi connectivity index (χ0v) is 12.3. The Morgan fingerprint density at radius 3 is 1.41 bits per heavy atom. The van der Waals surface area contributed by atoms with Gasteiger partial charge >= 0.3 is 5.97 Å². The van der Waals surface area contributed by atoms with Crippen molar-refractivity contribution in [2.24, 2.45) is 5.41 Å². The molecular formula is C9H20O5S3. The van der Waals surface area contributed by atoms with Crippen molar-refractivity contribution in [3.8, 4) is 0 Å². The normalized spacial score (nSPS) is 11.7. The molecule has 0 heterocycles. The number of aliphatic hydroxyl groups excluding tert-OH is 3. The van der Waals surface area contributed by atoms with Gasteiger partial charge in [-0.15, -0.1) is 0 Å². The van der Waals surface area contributed by atoms with Gasteiger partial charge in [-0.3, -0.25) is 4.79 Å². The van der Waals surface area contributed by atoms with Crippen molar-refractivity contribution in [2.75, 3.05) is 19.8 Å². The summed E-state index contributed by atoms with van der Waals surface area (Å²) in [5.74, 6) is -0.954. The molecule has 0 aliphatic rings. The summed E-state index contributed by atoms with van der Waals surface area (Å²) >= 11 is 11.2. The Hall–Kier alpha value is 0.400. The molecule has 0 saturated carbocycles. The number of hydrogen-bond acceptors (Lipinski definition) is 7. The highest BCUT2D eigenvalue weighted by molar-refractivity contribution is 8.17. The molecule has 0 unspecified atom stereocenters. The molecule has 0 aromatic heterocycles. The summed E-state index contributed by atoms with van der Waals surface area (Å²) in [6.45, 7) is 1.35. The van der Waals surface area contributed by atoms with Crippen molar-refractivity contribution in [1.29, 1.82) is 0 Å². The molecule has 17 heavy (non-hydrogen) atoms. The fraction of sp³-hybridized carbons (Fsp3) is 0.889. The van der Waals surface area contributed by atoms with E-state index in [9.17, 15) is 4.79 Å². The second-order valence-corrected chi connectivity index (χ2v) is 7.02. The van der Waals surface area contributed by atoms with Crippen molar-refractivity contribution in [1.82, 2.24) is 0 Å². The summed E-state index contributed by atoms with van der Waals surface area (Å²) in [5.41, 5.74) is -0.667. The van der Waals surface area contributed by atoms with Crippen molar-refractivity contribution < 1.29 is 25.2 Å². The largest absolute Gasteiger partial charge is 0.481 e. The molecule has 104 valence electrons. The molecule has 0 aromatic carbocycles. The van der Waals surface area contributed by atoms with E-state index in [1.807, 2.05) is 6.92 Å². The summed E-state index contributed by atoms with van der Waals surface area (Å²) in [6.07, 6.45) is 0.429. The van der Waals surface area contributed by atoms with Gasteiger partial charge in [0.15, 0.2) is 0 Å². The average Bonchev–Trinajstić information content (AvgIpc) is 2.19. The van der Waals surface area contributed by atoms with Gasteiger partial charge in [-0.1, -0.05) is 6.92 Å². The van der Waals surface area contributed by atoms with Crippen molar-refractivity contribution in [3.05, 3.63) is 0 Å². The Labute approximate surface area is 117 Å². The van der Waals surface area contributed by atoms with Crippen LogP contribution in [-0.2, 0) is 4.79 Å². The molecule has 0 aliphatic heterocycles. The van der Waals surface area contributed by atoms with Crippen LogP contribution in [0.5, 0.6) is 0 Å². The lowest BCUT2D eigenvalue weighted by atomic mass is 9.88. The topological polar surface area (TPSA) is 98.0 Å². The van der Waals surface area contributed by atoms with Crippen molar-refractivity contribution in [2.45, 2.75) is 23.2 Å². The number of aliphatic carboxylic acids is 1. The van der Waals surface area contributed by atoms with Gasteiger partial charge in [-0.05, 0) is 6.42 Å². The highest BCUT2D eigenvalue weighted by Gasteiger charge is 2.24. The lowest BCUT2D eigenvalue weighted by molar-refractivity contribution is -0.136. The van der Waals surface area contributed by atoms with Gasteiger partial charge < -0.3 is 20.4 Å². The van der Waals surface area contributed by atoms with Crippen LogP contribution in [0.1, 0.15) is 19.8 Å². The number of aliphatic hydroxyl groups is 3. The quantitative estimate of drug-likeness (QED) is 0.282. The molecule has 0 spiro atoms. The van der Waals surface area contributed by atoms with Crippen molar-refractivity contribution in [3.63, 3.8) is 0 Å². The number of carboxylic acids is 1. The number of rotatable bonds is 6. The lowest BCUT2D eigenvalue weighted by Crippen LogP contribution is -2.32. The van der Waals surface area contributed by atoms with Gasteiger partial charge in [-0.25, -0.2) is 0 Å². The second kappa shape index (κ2) is 9.35. The Balaban J connectivity index is 0. The Bertz CT molecular complexity index is 196. The fourth-order valence-corrected chi connectivity index (χ4v) is 1.09. The number of carbonyl (C=O) groups is 1. The Kier molecular flexibility index (Phi) is 10.8. The fourth-order valence-electron chi connectivity index (χ4n) is 0.688. The second-order valence-electron chi connectivity index (χ2n) is 3.67. The van der Waals surface area contributed by atoms with Crippen LogP contribution >= 0.6 is 37.9 Å². The first-order chi connectivity index (χ1) is 7.66. The van der Waals surface area contributed by atoms with E-state index in [-0.39, 0.29) is 26.2 Å². The van der Waals surface area contributed by atoms with E-state index < -0.39 is 14.8 Å². The van der Waals surface area contributed by atoms with Crippen LogP contribution in [0.2, 0.25) is 0 Å². The third kappa shape index (κ3) is 11.2. The van der Waals surface area contributed by atoms with E-state index in [0.717, 1.165) is 0 Å². The summed E-state index contributed by atoms with van der Waals surface area (Å²) in [5, 5.41) is 34.1. The number of hydrogen-bond donors (Lipinski definition) is 7. The molecule has 5 nitrogen and oxygen atoms in total. The minimum Gasteiger partial charge on any atom is -0.481 e. The van der Waals surface area contributed by atoms with E-state index >= 15 is 0 Å². The van der Waals surface area contributed by atoms with E-state index in [1.165, 1.54) is 0 Å². The van der Waals surface area contributed by atoms with Crippen LogP contribution in [0.25, 0.3) is 0 Å². The van der Waals surface area contributed by atoms with E-state index in [2.05, 4.69) is 37.9 Å².